The molecule has 0 aliphatic carbocycles. The average Bonchev–Trinajstić information content (AvgIpc) is 3.14. The molecule has 2 aliphatic rings. The molecule has 0 spiro atoms. The molecular formula is C24H36N2O6. The SMILES string of the molecule is C=CCOC(=O)C1=C(c2cccc(COC)c2)C[C@@H]2C(C(C)O)[C@@H](O)N12.CC.CNC=O. The van der Waals surface area contributed by atoms with E-state index in [-0.39, 0.29) is 18.6 Å². The van der Waals surface area contributed by atoms with Crippen LogP contribution in [0.15, 0.2) is 42.6 Å². The Hall–Kier alpha value is -2.68. The third-order valence-electron chi connectivity index (χ3n) is 5.18. The smallest absolute Gasteiger partial charge is 0.355 e. The van der Waals surface area contributed by atoms with Crippen molar-refractivity contribution in [2.75, 3.05) is 20.8 Å². The first kappa shape index (κ1) is 27.4. The van der Waals surface area contributed by atoms with Crippen molar-refractivity contribution < 1.29 is 29.3 Å². The molecule has 4 atom stereocenters. The Morgan fingerprint density at radius 1 is 1.41 bits per heavy atom. The summed E-state index contributed by atoms with van der Waals surface area (Å²) in [4.78, 5) is 23.4. The van der Waals surface area contributed by atoms with Crippen LogP contribution in [0.4, 0.5) is 0 Å². The van der Waals surface area contributed by atoms with Gasteiger partial charge in [-0.05, 0) is 36.1 Å². The highest BCUT2D eigenvalue weighted by molar-refractivity contribution is 5.99. The Labute approximate surface area is 190 Å². The molecule has 8 nitrogen and oxygen atoms in total. The maximum absolute atomic E-state index is 12.6. The topological polar surface area (TPSA) is 108 Å². The largest absolute Gasteiger partial charge is 0.457 e. The number of aliphatic hydroxyl groups is 2. The van der Waals surface area contributed by atoms with Crippen molar-refractivity contribution in [1.82, 2.24) is 10.2 Å². The molecule has 3 rings (SSSR count). The van der Waals surface area contributed by atoms with Gasteiger partial charge < -0.3 is 29.9 Å². The van der Waals surface area contributed by atoms with E-state index in [9.17, 15) is 15.0 Å². The maximum Gasteiger partial charge on any atom is 0.355 e. The summed E-state index contributed by atoms with van der Waals surface area (Å²) in [5.74, 6) is -0.778. The molecule has 1 amide bonds. The van der Waals surface area contributed by atoms with E-state index in [1.165, 1.54) is 6.08 Å². The third-order valence-corrected chi connectivity index (χ3v) is 5.18. The highest BCUT2D eigenvalue weighted by Gasteiger charge is 2.56. The van der Waals surface area contributed by atoms with E-state index in [1.54, 1.807) is 26.0 Å². The van der Waals surface area contributed by atoms with Crippen LogP contribution in [0.1, 0.15) is 38.3 Å². The Morgan fingerprint density at radius 2 is 2.06 bits per heavy atom. The number of hydrogen-bond acceptors (Lipinski definition) is 7. The van der Waals surface area contributed by atoms with Crippen molar-refractivity contribution in [1.29, 1.82) is 0 Å². The summed E-state index contributed by atoms with van der Waals surface area (Å²) in [6.45, 7) is 9.81. The highest BCUT2D eigenvalue weighted by Crippen LogP contribution is 2.49. The van der Waals surface area contributed by atoms with E-state index < -0.39 is 18.3 Å². The van der Waals surface area contributed by atoms with E-state index in [0.717, 1.165) is 16.7 Å². The number of fused-ring (bicyclic) bond motifs is 1. The molecule has 8 heteroatoms. The summed E-state index contributed by atoms with van der Waals surface area (Å²) >= 11 is 0. The minimum absolute atomic E-state index is 0.105. The van der Waals surface area contributed by atoms with Gasteiger partial charge in [0, 0.05) is 20.2 Å². The fraction of sp³-hybridized carbons (Fsp3) is 0.500. The zero-order valence-corrected chi connectivity index (χ0v) is 19.6. The van der Waals surface area contributed by atoms with Crippen LogP contribution in [0.25, 0.3) is 5.57 Å². The van der Waals surface area contributed by atoms with Crippen molar-refractivity contribution >= 4 is 18.0 Å². The molecule has 1 aromatic rings. The van der Waals surface area contributed by atoms with Crippen LogP contribution < -0.4 is 5.32 Å². The summed E-state index contributed by atoms with van der Waals surface area (Å²) in [6, 6.07) is 7.68. The molecule has 2 heterocycles. The number of carbonyl (C=O) groups excluding carboxylic acids is 2. The first-order valence-electron chi connectivity index (χ1n) is 10.8. The number of benzene rings is 1. The minimum Gasteiger partial charge on any atom is -0.457 e. The van der Waals surface area contributed by atoms with Gasteiger partial charge in [0.05, 0.1) is 18.6 Å². The predicted molar refractivity (Wildman–Crippen MR) is 123 cm³/mol. The number of hydrogen-bond donors (Lipinski definition) is 3. The van der Waals surface area contributed by atoms with Crippen LogP contribution in [0.5, 0.6) is 0 Å². The van der Waals surface area contributed by atoms with Crippen LogP contribution in [0.3, 0.4) is 0 Å². The fourth-order valence-corrected chi connectivity index (χ4v) is 3.93. The Bertz CT molecular complexity index is 792. The van der Waals surface area contributed by atoms with Crippen LogP contribution in [0, 0.1) is 5.92 Å². The number of amides is 1. The number of esters is 1. The maximum atomic E-state index is 12.6. The Morgan fingerprint density at radius 3 is 2.59 bits per heavy atom. The molecule has 2 unspecified atom stereocenters. The van der Waals surface area contributed by atoms with Crippen LogP contribution in [-0.2, 0) is 25.7 Å². The molecule has 32 heavy (non-hydrogen) atoms. The lowest BCUT2D eigenvalue weighted by atomic mass is 9.81. The van der Waals surface area contributed by atoms with Crippen LogP contribution in [-0.4, -0.2) is 66.6 Å². The lowest BCUT2D eigenvalue weighted by Crippen LogP contribution is -2.64. The normalized spacial score (nSPS) is 21.6. The number of nitrogens with one attached hydrogen (secondary N) is 1. The first-order chi connectivity index (χ1) is 15.4. The van der Waals surface area contributed by atoms with Crippen LogP contribution in [0.2, 0.25) is 0 Å². The number of nitrogens with zero attached hydrogens (tertiary/aromatic N) is 1. The summed E-state index contributed by atoms with van der Waals surface area (Å²) in [5, 5.41) is 22.7. The predicted octanol–water partition coefficient (Wildman–Crippen LogP) is 2.06. The van der Waals surface area contributed by atoms with Gasteiger partial charge in [-0.25, -0.2) is 4.79 Å². The molecule has 3 N–H and O–H groups in total. The molecule has 1 fully saturated rings. The van der Waals surface area contributed by atoms with Gasteiger partial charge in [-0.1, -0.05) is 44.7 Å². The van der Waals surface area contributed by atoms with E-state index >= 15 is 0 Å². The number of ether oxygens (including phenoxy) is 2. The zero-order chi connectivity index (χ0) is 24.3. The van der Waals surface area contributed by atoms with Gasteiger partial charge in [-0.3, -0.25) is 4.79 Å². The van der Waals surface area contributed by atoms with E-state index in [2.05, 4.69) is 11.9 Å². The molecule has 0 bridgehead atoms. The van der Waals surface area contributed by atoms with Crippen molar-refractivity contribution in [2.45, 2.75) is 52.2 Å². The van der Waals surface area contributed by atoms with Crippen molar-refractivity contribution in [3.05, 3.63) is 53.7 Å². The lowest BCUT2D eigenvalue weighted by Gasteiger charge is -2.52. The molecule has 0 aromatic heterocycles. The molecule has 1 saturated heterocycles. The molecule has 0 radical (unpaired) electrons. The number of rotatable bonds is 8. The molecule has 178 valence electrons. The van der Waals surface area contributed by atoms with Gasteiger partial charge in [0.25, 0.3) is 0 Å². The number of aliphatic hydroxyl groups excluding tert-OH is 2. The standard InChI is InChI=1S/C20H25NO5.C2H5NO.C2H6/c1-4-8-26-20(24)18-15(14-7-5-6-13(9-14)11-25-3)10-16-17(12(2)22)19(23)21(16)18;1-3-2-4;1-2/h4-7,9,12,16-17,19,22-23H,1,8,10-11H2,2-3H3;2H,1H3,(H,3,4);1-2H3/t12?,16-,17?,19-;;/m1../s1. The summed E-state index contributed by atoms with van der Waals surface area (Å²) in [5.41, 5.74) is 3.09. The molecule has 0 saturated carbocycles. The Balaban J connectivity index is 0.000000769. The summed E-state index contributed by atoms with van der Waals surface area (Å²) in [7, 11) is 3.20. The van der Waals surface area contributed by atoms with Gasteiger partial charge >= 0.3 is 5.97 Å². The minimum atomic E-state index is -0.897. The first-order valence-corrected chi connectivity index (χ1v) is 10.8. The van der Waals surface area contributed by atoms with Gasteiger partial charge in [-0.15, -0.1) is 0 Å². The van der Waals surface area contributed by atoms with Crippen molar-refractivity contribution in [3.8, 4) is 0 Å². The second kappa shape index (κ2) is 13.7. The second-order valence-corrected chi connectivity index (χ2v) is 7.16. The van der Waals surface area contributed by atoms with Crippen molar-refractivity contribution in [2.24, 2.45) is 5.92 Å². The van der Waals surface area contributed by atoms with Gasteiger partial charge in [-0.2, -0.15) is 0 Å². The van der Waals surface area contributed by atoms with E-state index in [4.69, 9.17) is 14.3 Å². The summed E-state index contributed by atoms with van der Waals surface area (Å²) in [6.07, 6.45) is 1.15. The zero-order valence-electron chi connectivity index (χ0n) is 19.6. The average molecular weight is 449 g/mol. The highest BCUT2D eigenvalue weighted by atomic mass is 16.5. The number of carbonyl (C=O) groups is 2. The van der Waals surface area contributed by atoms with Crippen LogP contribution >= 0.6 is 0 Å². The van der Waals surface area contributed by atoms with E-state index in [1.807, 2.05) is 38.1 Å². The Kier molecular flexibility index (Phi) is 11.7. The molecule has 1 aromatic carbocycles. The quantitative estimate of drug-likeness (QED) is 0.317. The van der Waals surface area contributed by atoms with Gasteiger partial charge in [0.15, 0.2) is 0 Å². The molecular weight excluding hydrogens is 412 g/mol. The monoisotopic (exact) mass is 448 g/mol. The fourth-order valence-electron chi connectivity index (χ4n) is 3.93. The summed E-state index contributed by atoms with van der Waals surface area (Å²) < 4.78 is 10.4. The molecule has 2 aliphatic heterocycles. The number of methoxy groups -OCH3 is 1. The van der Waals surface area contributed by atoms with Gasteiger partial charge in [0.1, 0.15) is 18.5 Å². The lowest BCUT2D eigenvalue weighted by molar-refractivity contribution is -0.186. The third kappa shape index (κ3) is 6.18. The van der Waals surface area contributed by atoms with Crippen molar-refractivity contribution in [3.63, 3.8) is 0 Å². The second-order valence-electron chi connectivity index (χ2n) is 7.16. The van der Waals surface area contributed by atoms with Gasteiger partial charge in [0.2, 0.25) is 6.41 Å². The van der Waals surface area contributed by atoms with E-state index in [0.29, 0.717) is 25.1 Å².